The smallest absolute Gasteiger partial charge is 0.410 e. The lowest BCUT2D eigenvalue weighted by Gasteiger charge is -2.23. The Labute approximate surface area is 183 Å². The highest BCUT2D eigenvalue weighted by Crippen LogP contribution is 2.32. The second-order valence-corrected chi connectivity index (χ2v) is 9.02. The summed E-state index contributed by atoms with van der Waals surface area (Å²) in [5.41, 5.74) is 1.75. The van der Waals surface area contributed by atoms with Gasteiger partial charge in [0.1, 0.15) is 6.04 Å². The van der Waals surface area contributed by atoms with Gasteiger partial charge in [0, 0.05) is 12.0 Å². The fraction of sp³-hybridized carbons (Fsp3) is 0.625. The van der Waals surface area contributed by atoms with E-state index >= 15 is 0 Å². The van der Waals surface area contributed by atoms with Gasteiger partial charge in [-0.15, -0.1) is 0 Å². The van der Waals surface area contributed by atoms with E-state index in [-0.39, 0.29) is 31.3 Å². The number of likely N-dealkylation sites (tertiary alicyclic amines) is 1. The molecule has 0 aromatic heterocycles. The maximum atomic E-state index is 12.5. The Bertz CT molecular complexity index is 769. The SMILES string of the molecule is CC(C)COC(=O)N1C[C@@H](O)C[C@H]1C(=O)OCC(=O)c1ccc(C2CCCCC2)cc1. The van der Waals surface area contributed by atoms with E-state index < -0.39 is 30.8 Å². The predicted octanol–water partition coefficient (Wildman–Crippen LogP) is 3.69. The molecule has 31 heavy (non-hydrogen) atoms. The minimum absolute atomic E-state index is 0.00721. The van der Waals surface area contributed by atoms with E-state index in [4.69, 9.17) is 9.47 Å². The second kappa shape index (κ2) is 10.8. The Kier molecular flexibility index (Phi) is 8.07. The number of Topliss-reactive ketones (excluding diaryl/α,β-unsaturated/α-hetero) is 1. The number of esters is 1. The van der Waals surface area contributed by atoms with Crippen LogP contribution >= 0.6 is 0 Å². The molecule has 7 nitrogen and oxygen atoms in total. The van der Waals surface area contributed by atoms with Crippen molar-refractivity contribution in [3.63, 3.8) is 0 Å². The van der Waals surface area contributed by atoms with Crippen LogP contribution in [0.1, 0.15) is 74.2 Å². The van der Waals surface area contributed by atoms with Crippen LogP contribution in [0.25, 0.3) is 0 Å². The molecule has 1 aliphatic heterocycles. The van der Waals surface area contributed by atoms with Crippen molar-refractivity contribution in [1.82, 2.24) is 4.90 Å². The molecule has 0 unspecified atom stereocenters. The molecule has 1 N–H and O–H groups in total. The molecule has 1 heterocycles. The zero-order valence-electron chi connectivity index (χ0n) is 18.4. The van der Waals surface area contributed by atoms with Crippen LogP contribution in [0.15, 0.2) is 24.3 Å². The van der Waals surface area contributed by atoms with Crippen LogP contribution < -0.4 is 0 Å². The molecule has 1 aromatic carbocycles. The number of nitrogens with zero attached hydrogens (tertiary/aromatic N) is 1. The first-order valence-corrected chi connectivity index (χ1v) is 11.3. The Hall–Kier alpha value is -2.41. The Morgan fingerprint density at radius 1 is 1.06 bits per heavy atom. The van der Waals surface area contributed by atoms with Crippen molar-refractivity contribution < 1.29 is 29.0 Å². The molecule has 1 amide bonds. The summed E-state index contributed by atoms with van der Waals surface area (Å²) in [7, 11) is 0. The number of ketones is 1. The molecule has 170 valence electrons. The quantitative estimate of drug-likeness (QED) is 0.523. The monoisotopic (exact) mass is 431 g/mol. The van der Waals surface area contributed by atoms with Crippen LogP contribution in [0.2, 0.25) is 0 Å². The summed E-state index contributed by atoms with van der Waals surface area (Å²) in [6.07, 6.45) is 4.76. The number of ether oxygens (including phenoxy) is 2. The summed E-state index contributed by atoms with van der Waals surface area (Å²) in [6, 6.07) is 6.61. The topological polar surface area (TPSA) is 93.1 Å². The Morgan fingerprint density at radius 2 is 1.74 bits per heavy atom. The van der Waals surface area contributed by atoms with Gasteiger partial charge in [0.25, 0.3) is 0 Å². The third-order valence-electron chi connectivity index (χ3n) is 5.98. The fourth-order valence-electron chi connectivity index (χ4n) is 4.25. The van der Waals surface area contributed by atoms with Gasteiger partial charge >= 0.3 is 12.1 Å². The number of β-amino-alcohol motifs (C(OH)–C–C–N with tert-alkyl or cyclic N) is 1. The largest absolute Gasteiger partial charge is 0.456 e. The molecule has 0 bridgehead atoms. The van der Waals surface area contributed by atoms with Gasteiger partial charge in [-0.25, -0.2) is 9.59 Å². The van der Waals surface area contributed by atoms with Crippen LogP contribution in [0.3, 0.4) is 0 Å². The van der Waals surface area contributed by atoms with Gasteiger partial charge in [0.15, 0.2) is 12.4 Å². The molecule has 1 aromatic rings. The molecule has 1 saturated carbocycles. The third-order valence-corrected chi connectivity index (χ3v) is 5.98. The summed E-state index contributed by atoms with van der Waals surface area (Å²) in [4.78, 5) is 38.4. The Morgan fingerprint density at radius 3 is 2.39 bits per heavy atom. The van der Waals surface area contributed by atoms with Crippen LogP contribution in [-0.2, 0) is 14.3 Å². The van der Waals surface area contributed by atoms with Crippen molar-refractivity contribution in [1.29, 1.82) is 0 Å². The summed E-state index contributed by atoms with van der Waals surface area (Å²) in [6.45, 7) is 3.65. The lowest BCUT2D eigenvalue weighted by atomic mass is 9.84. The minimum atomic E-state index is -0.948. The van der Waals surface area contributed by atoms with Crippen LogP contribution in [0.4, 0.5) is 4.79 Å². The van der Waals surface area contributed by atoms with Gasteiger partial charge in [-0.3, -0.25) is 9.69 Å². The highest BCUT2D eigenvalue weighted by atomic mass is 16.6. The molecule has 2 atom stereocenters. The maximum absolute atomic E-state index is 12.5. The summed E-state index contributed by atoms with van der Waals surface area (Å²) in [5.74, 6) is -0.281. The van der Waals surface area contributed by atoms with Crippen molar-refractivity contribution in [3.8, 4) is 0 Å². The molecule has 7 heteroatoms. The first kappa shape index (κ1) is 23.3. The predicted molar refractivity (Wildman–Crippen MR) is 115 cm³/mol. The van der Waals surface area contributed by atoms with E-state index in [9.17, 15) is 19.5 Å². The van der Waals surface area contributed by atoms with Gasteiger partial charge in [-0.2, -0.15) is 0 Å². The average Bonchev–Trinajstić information content (AvgIpc) is 3.18. The minimum Gasteiger partial charge on any atom is -0.456 e. The van der Waals surface area contributed by atoms with E-state index in [2.05, 4.69) is 0 Å². The average molecular weight is 432 g/mol. The Balaban J connectivity index is 1.52. The highest BCUT2D eigenvalue weighted by Gasteiger charge is 2.41. The van der Waals surface area contributed by atoms with Crippen molar-refractivity contribution in [2.75, 3.05) is 19.8 Å². The van der Waals surface area contributed by atoms with E-state index in [1.165, 1.54) is 42.6 Å². The van der Waals surface area contributed by atoms with Crippen LogP contribution in [-0.4, -0.2) is 59.8 Å². The van der Waals surface area contributed by atoms with Crippen molar-refractivity contribution in [2.45, 2.75) is 70.4 Å². The highest BCUT2D eigenvalue weighted by molar-refractivity contribution is 5.98. The fourth-order valence-corrected chi connectivity index (χ4v) is 4.25. The lowest BCUT2D eigenvalue weighted by molar-refractivity contribution is -0.147. The molecule has 3 rings (SSSR count). The van der Waals surface area contributed by atoms with Gasteiger partial charge in [0.2, 0.25) is 0 Å². The van der Waals surface area contributed by atoms with Gasteiger partial charge in [0.05, 0.1) is 19.3 Å². The number of aliphatic hydroxyl groups excluding tert-OH is 1. The maximum Gasteiger partial charge on any atom is 0.410 e. The van der Waals surface area contributed by atoms with Gasteiger partial charge in [-0.05, 0) is 30.2 Å². The number of amides is 1. The van der Waals surface area contributed by atoms with Gasteiger partial charge < -0.3 is 14.6 Å². The summed E-state index contributed by atoms with van der Waals surface area (Å²) in [5, 5.41) is 9.91. The first-order chi connectivity index (χ1) is 14.8. The van der Waals surface area contributed by atoms with E-state index in [0.29, 0.717) is 11.5 Å². The normalized spacial score (nSPS) is 21.9. The number of benzene rings is 1. The van der Waals surface area contributed by atoms with Crippen LogP contribution in [0, 0.1) is 5.92 Å². The molecule has 0 spiro atoms. The molecule has 2 fully saturated rings. The van der Waals surface area contributed by atoms with Gasteiger partial charge in [-0.1, -0.05) is 57.4 Å². The molecule has 1 aliphatic carbocycles. The number of carbonyl (C=O) groups is 3. The first-order valence-electron chi connectivity index (χ1n) is 11.3. The molecule has 0 radical (unpaired) electrons. The van der Waals surface area contributed by atoms with E-state index in [0.717, 1.165) is 0 Å². The molecule has 1 saturated heterocycles. The number of hydrogen-bond donors (Lipinski definition) is 1. The van der Waals surface area contributed by atoms with Crippen molar-refractivity contribution in [3.05, 3.63) is 35.4 Å². The van der Waals surface area contributed by atoms with Crippen molar-refractivity contribution >= 4 is 17.8 Å². The summed E-state index contributed by atoms with van der Waals surface area (Å²) < 4.78 is 10.4. The zero-order valence-corrected chi connectivity index (χ0v) is 18.4. The van der Waals surface area contributed by atoms with Crippen LogP contribution in [0.5, 0.6) is 0 Å². The van der Waals surface area contributed by atoms with E-state index in [1.54, 1.807) is 12.1 Å². The number of rotatable bonds is 7. The molecule has 2 aliphatic rings. The number of aliphatic hydroxyl groups is 1. The third kappa shape index (κ3) is 6.29. The summed E-state index contributed by atoms with van der Waals surface area (Å²) >= 11 is 0. The van der Waals surface area contributed by atoms with Crippen molar-refractivity contribution in [2.24, 2.45) is 5.92 Å². The molecular formula is C24H33NO6. The lowest BCUT2D eigenvalue weighted by Crippen LogP contribution is -2.42. The zero-order chi connectivity index (χ0) is 22.4. The molecular weight excluding hydrogens is 398 g/mol. The number of hydrogen-bond acceptors (Lipinski definition) is 6. The van der Waals surface area contributed by atoms with E-state index in [1.807, 2.05) is 26.0 Å². The second-order valence-electron chi connectivity index (χ2n) is 9.02. The number of carbonyl (C=O) groups excluding carboxylic acids is 3. The standard InChI is InChI=1S/C24H33NO6/c1-16(2)14-31-24(29)25-13-20(26)12-21(25)23(28)30-15-22(27)19-10-8-18(9-11-19)17-6-4-3-5-7-17/h8-11,16-17,20-21,26H,3-7,12-15H2,1-2H3/t20-,21-/m0/s1.